The number of halogens is 1. The Morgan fingerprint density at radius 2 is 1.92 bits per heavy atom. The zero-order valence-electron chi connectivity index (χ0n) is 14.3. The van der Waals surface area contributed by atoms with E-state index in [0.29, 0.717) is 31.0 Å². The van der Waals surface area contributed by atoms with Crippen LogP contribution < -0.4 is 20.1 Å². The molecule has 0 aromatic heterocycles. The molecule has 2 fully saturated rings. The zero-order valence-corrected chi connectivity index (χ0v) is 15.2. The van der Waals surface area contributed by atoms with Gasteiger partial charge in [0.2, 0.25) is 5.91 Å². The second-order valence-electron chi connectivity index (χ2n) is 6.63. The molecule has 134 valence electrons. The van der Waals surface area contributed by atoms with E-state index in [0.717, 1.165) is 29.9 Å². The molecule has 1 amide bonds. The molecule has 0 saturated carbocycles. The molecule has 0 spiro atoms. The number of rotatable bonds is 6. The van der Waals surface area contributed by atoms with Crippen LogP contribution in [0.3, 0.4) is 0 Å². The van der Waals surface area contributed by atoms with Crippen molar-refractivity contribution in [2.75, 3.05) is 14.2 Å². The number of carbonyl (C=O) groups excluding carboxylic acids is 1. The minimum atomic E-state index is 0. The molecule has 2 unspecified atom stereocenters. The van der Waals surface area contributed by atoms with Gasteiger partial charge >= 0.3 is 0 Å². The molecule has 0 radical (unpaired) electrons. The highest BCUT2D eigenvalue weighted by Crippen LogP contribution is 2.32. The summed E-state index contributed by atoms with van der Waals surface area (Å²) >= 11 is 0. The molecule has 2 aliphatic heterocycles. The second kappa shape index (κ2) is 8.58. The molecule has 2 saturated heterocycles. The molecule has 0 aliphatic carbocycles. The Balaban J connectivity index is 0.00000208. The SMILES string of the molecule is COc1ccc(OC)c(CNC(=O)CC2CC3CCC(C2)N3)c1.Cl. The highest BCUT2D eigenvalue weighted by molar-refractivity contribution is 5.85. The van der Waals surface area contributed by atoms with E-state index in [2.05, 4.69) is 10.6 Å². The minimum absolute atomic E-state index is 0. The third-order valence-corrected chi connectivity index (χ3v) is 5.01. The molecule has 24 heavy (non-hydrogen) atoms. The van der Waals surface area contributed by atoms with Crippen LogP contribution in [0.2, 0.25) is 0 Å². The molecule has 2 atom stereocenters. The largest absolute Gasteiger partial charge is 0.497 e. The van der Waals surface area contributed by atoms with Gasteiger partial charge in [-0.15, -0.1) is 12.4 Å². The number of fused-ring (bicyclic) bond motifs is 2. The molecule has 1 aromatic carbocycles. The molecule has 2 bridgehead atoms. The summed E-state index contributed by atoms with van der Waals surface area (Å²) in [5, 5.41) is 6.64. The molecule has 6 heteroatoms. The lowest BCUT2D eigenvalue weighted by atomic mass is 9.89. The van der Waals surface area contributed by atoms with Gasteiger partial charge in [0.25, 0.3) is 0 Å². The lowest BCUT2D eigenvalue weighted by molar-refractivity contribution is -0.122. The van der Waals surface area contributed by atoms with E-state index >= 15 is 0 Å². The molecule has 2 aliphatic rings. The Morgan fingerprint density at radius 3 is 2.54 bits per heavy atom. The van der Waals surface area contributed by atoms with Crippen molar-refractivity contribution in [2.45, 2.75) is 50.7 Å². The summed E-state index contributed by atoms with van der Waals surface area (Å²) in [6.07, 6.45) is 5.42. The quantitative estimate of drug-likeness (QED) is 0.824. The predicted octanol–water partition coefficient (Wildman–Crippen LogP) is 2.66. The summed E-state index contributed by atoms with van der Waals surface area (Å²) in [6, 6.07) is 6.89. The van der Waals surface area contributed by atoms with Gasteiger partial charge in [-0.1, -0.05) is 0 Å². The van der Waals surface area contributed by atoms with E-state index < -0.39 is 0 Å². The topological polar surface area (TPSA) is 59.6 Å². The fourth-order valence-corrected chi connectivity index (χ4v) is 3.89. The van der Waals surface area contributed by atoms with Gasteiger partial charge < -0.3 is 20.1 Å². The first-order valence-corrected chi connectivity index (χ1v) is 8.41. The van der Waals surface area contributed by atoms with Gasteiger partial charge in [0.15, 0.2) is 0 Å². The molecular formula is C18H27ClN2O3. The normalized spacial score (nSPS) is 24.8. The Hall–Kier alpha value is -1.46. The van der Waals surface area contributed by atoms with Crippen LogP contribution in [0.15, 0.2) is 18.2 Å². The maximum atomic E-state index is 12.3. The van der Waals surface area contributed by atoms with Gasteiger partial charge in [0, 0.05) is 30.6 Å². The summed E-state index contributed by atoms with van der Waals surface area (Å²) < 4.78 is 10.6. The maximum absolute atomic E-state index is 12.3. The van der Waals surface area contributed by atoms with Gasteiger partial charge in [-0.05, 0) is 49.8 Å². The summed E-state index contributed by atoms with van der Waals surface area (Å²) in [7, 11) is 3.27. The fraction of sp³-hybridized carbons (Fsp3) is 0.611. The Kier molecular flexibility index (Phi) is 6.75. The number of ether oxygens (including phenoxy) is 2. The van der Waals surface area contributed by atoms with Crippen molar-refractivity contribution in [3.8, 4) is 11.5 Å². The number of carbonyl (C=O) groups is 1. The molecule has 3 rings (SSSR count). The van der Waals surface area contributed by atoms with Crippen LogP contribution in [0.1, 0.15) is 37.7 Å². The van der Waals surface area contributed by atoms with Crippen LogP contribution in [0.25, 0.3) is 0 Å². The Bertz CT molecular complexity index is 555. The van der Waals surface area contributed by atoms with Crippen LogP contribution in [-0.4, -0.2) is 32.2 Å². The number of piperidine rings is 1. The standard InChI is InChI=1S/C18H26N2O3.ClH/c1-22-16-5-6-17(23-2)13(10-16)11-19-18(21)9-12-7-14-3-4-15(8-12)20-14;/h5-6,10,12,14-15,20H,3-4,7-9,11H2,1-2H3,(H,19,21);1H. The van der Waals surface area contributed by atoms with E-state index in [1.165, 1.54) is 12.8 Å². The van der Waals surface area contributed by atoms with Crippen molar-refractivity contribution in [2.24, 2.45) is 5.92 Å². The van der Waals surface area contributed by atoms with E-state index in [9.17, 15) is 4.79 Å². The first-order chi connectivity index (χ1) is 11.2. The highest BCUT2D eigenvalue weighted by Gasteiger charge is 2.34. The van der Waals surface area contributed by atoms with E-state index in [1.807, 2.05) is 18.2 Å². The van der Waals surface area contributed by atoms with E-state index in [1.54, 1.807) is 14.2 Å². The van der Waals surface area contributed by atoms with Gasteiger partial charge in [-0.2, -0.15) is 0 Å². The highest BCUT2D eigenvalue weighted by atomic mass is 35.5. The lowest BCUT2D eigenvalue weighted by Crippen LogP contribution is -2.39. The summed E-state index contributed by atoms with van der Waals surface area (Å²) in [6.45, 7) is 0.469. The van der Waals surface area contributed by atoms with E-state index in [4.69, 9.17) is 9.47 Å². The zero-order chi connectivity index (χ0) is 16.2. The van der Waals surface area contributed by atoms with Crippen LogP contribution >= 0.6 is 12.4 Å². The number of nitrogens with one attached hydrogen (secondary N) is 2. The van der Waals surface area contributed by atoms with Crippen molar-refractivity contribution in [3.63, 3.8) is 0 Å². The number of methoxy groups -OCH3 is 2. The van der Waals surface area contributed by atoms with E-state index in [-0.39, 0.29) is 18.3 Å². The van der Waals surface area contributed by atoms with Crippen molar-refractivity contribution in [1.29, 1.82) is 0 Å². The van der Waals surface area contributed by atoms with Crippen molar-refractivity contribution >= 4 is 18.3 Å². The van der Waals surface area contributed by atoms with Crippen molar-refractivity contribution in [3.05, 3.63) is 23.8 Å². The molecule has 1 aromatic rings. The number of benzene rings is 1. The van der Waals surface area contributed by atoms with Crippen molar-refractivity contribution < 1.29 is 14.3 Å². The maximum Gasteiger partial charge on any atom is 0.220 e. The minimum Gasteiger partial charge on any atom is -0.497 e. The molecule has 2 N–H and O–H groups in total. The average Bonchev–Trinajstić information content (AvgIpc) is 2.91. The summed E-state index contributed by atoms with van der Waals surface area (Å²) in [5.41, 5.74) is 0.936. The second-order valence-corrected chi connectivity index (χ2v) is 6.63. The third kappa shape index (κ3) is 4.54. The number of amides is 1. The first-order valence-electron chi connectivity index (χ1n) is 8.41. The lowest BCUT2D eigenvalue weighted by Gasteiger charge is -2.28. The molecule has 5 nitrogen and oxygen atoms in total. The predicted molar refractivity (Wildman–Crippen MR) is 95.9 cm³/mol. The van der Waals surface area contributed by atoms with Gasteiger partial charge in [-0.3, -0.25) is 4.79 Å². The first kappa shape index (κ1) is 18.9. The Labute approximate surface area is 149 Å². The summed E-state index contributed by atoms with van der Waals surface area (Å²) in [5.74, 6) is 2.18. The summed E-state index contributed by atoms with van der Waals surface area (Å²) in [4.78, 5) is 12.3. The third-order valence-electron chi connectivity index (χ3n) is 5.01. The molecular weight excluding hydrogens is 328 g/mol. The van der Waals surface area contributed by atoms with Crippen LogP contribution in [-0.2, 0) is 11.3 Å². The van der Waals surface area contributed by atoms with Gasteiger partial charge in [0.05, 0.1) is 14.2 Å². The van der Waals surface area contributed by atoms with Crippen LogP contribution in [0.4, 0.5) is 0 Å². The number of hydrogen-bond donors (Lipinski definition) is 2. The fourth-order valence-electron chi connectivity index (χ4n) is 3.89. The monoisotopic (exact) mass is 354 g/mol. The average molecular weight is 355 g/mol. The molecule has 2 heterocycles. The number of hydrogen-bond acceptors (Lipinski definition) is 4. The van der Waals surface area contributed by atoms with Crippen LogP contribution in [0.5, 0.6) is 11.5 Å². The smallest absolute Gasteiger partial charge is 0.220 e. The van der Waals surface area contributed by atoms with Crippen molar-refractivity contribution in [1.82, 2.24) is 10.6 Å². The van der Waals surface area contributed by atoms with Gasteiger partial charge in [0.1, 0.15) is 11.5 Å². The Morgan fingerprint density at radius 1 is 1.21 bits per heavy atom. The van der Waals surface area contributed by atoms with Crippen LogP contribution in [0, 0.1) is 5.92 Å². The van der Waals surface area contributed by atoms with Gasteiger partial charge in [-0.25, -0.2) is 0 Å².